The molecule has 0 spiro atoms. The second-order valence-electron chi connectivity index (χ2n) is 7.05. The number of hydrogen-bond acceptors (Lipinski definition) is 3. The van der Waals surface area contributed by atoms with Crippen molar-refractivity contribution in [3.05, 3.63) is 81.7 Å². The summed E-state index contributed by atoms with van der Waals surface area (Å²) in [5.41, 5.74) is 1.62. The maximum atomic E-state index is 13.2. The van der Waals surface area contributed by atoms with Crippen LogP contribution in [0.1, 0.15) is 44.3 Å². The van der Waals surface area contributed by atoms with E-state index in [4.69, 9.17) is 0 Å². The van der Waals surface area contributed by atoms with Gasteiger partial charge in [-0.3, -0.25) is 9.59 Å². The van der Waals surface area contributed by atoms with Crippen molar-refractivity contribution in [2.24, 2.45) is 0 Å². The third-order valence-electron chi connectivity index (χ3n) is 5.04. The fraction of sp³-hybridized carbons (Fsp3) is 0.182. The van der Waals surface area contributed by atoms with Crippen LogP contribution in [0.25, 0.3) is 0 Å². The number of rotatable bonds is 3. The fourth-order valence-corrected chi connectivity index (χ4v) is 4.83. The second kappa shape index (κ2) is 7.60. The van der Waals surface area contributed by atoms with E-state index >= 15 is 0 Å². The molecular formula is C22H17F3N2O2S. The molecule has 1 aromatic heterocycles. The molecule has 1 atom stereocenters. The van der Waals surface area contributed by atoms with Gasteiger partial charge in [0, 0.05) is 18.0 Å². The minimum atomic E-state index is -4.47. The average Bonchev–Trinajstić information content (AvgIpc) is 3.04. The molecule has 8 heteroatoms. The summed E-state index contributed by atoms with van der Waals surface area (Å²) in [6.07, 6.45) is -4.45. The molecule has 4 rings (SSSR count). The molecule has 1 aliphatic rings. The Morgan fingerprint density at radius 1 is 1.13 bits per heavy atom. The zero-order valence-electron chi connectivity index (χ0n) is 15.8. The monoisotopic (exact) mass is 430 g/mol. The van der Waals surface area contributed by atoms with E-state index in [9.17, 15) is 22.8 Å². The summed E-state index contributed by atoms with van der Waals surface area (Å²) in [4.78, 5) is 25.5. The lowest BCUT2D eigenvalue weighted by Gasteiger charge is -2.24. The molecule has 0 saturated carbocycles. The number of amides is 2. The van der Waals surface area contributed by atoms with Gasteiger partial charge < -0.3 is 10.6 Å². The summed E-state index contributed by atoms with van der Waals surface area (Å²) in [5, 5.41) is 6.08. The van der Waals surface area contributed by atoms with Crippen LogP contribution >= 0.6 is 11.3 Å². The highest BCUT2D eigenvalue weighted by Crippen LogP contribution is 2.46. The zero-order chi connectivity index (χ0) is 21.5. The van der Waals surface area contributed by atoms with Crippen LogP contribution in [0, 0.1) is 6.92 Å². The molecule has 154 valence electrons. The van der Waals surface area contributed by atoms with E-state index in [2.05, 4.69) is 10.6 Å². The van der Waals surface area contributed by atoms with Crippen LogP contribution in [0.2, 0.25) is 0 Å². The van der Waals surface area contributed by atoms with Crippen molar-refractivity contribution in [3.63, 3.8) is 0 Å². The van der Waals surface area contributed by atoms with Gasteiger partial charge in [-0.25, -0.2) is 0 Å². The quantitative estimate of drug-likeness (QED) is 0.552. The Morgan fingerprint density at radius 3 is 2.57 bits per heavy atom. The number of anilines is 2. The number of hydrogen-bond donors (Lipinski definition) is 2. The van der Waals surface area contributed by atoms with E-state index in [1.54, 1.807) is 37.3 Å². The Hall–Kier alpha value is -3.13. The molecule has 0 radical (unpaired) electrons. The van der Waals surface area contributed by atoms with Gasteiger partial charge in [-0.05, 0) is 41.8 Å². The topological polar surface area (TPSA) is 58.2 Å². The Balaban J connectivity index is 1.73. The van der Waals surface area contributed by atoms with Crippen molar-refractivity contribution in [3.8, 4) is 0 Å². The molecule has 0 saturated heterocycles. The van der Waals surface area contributed by atoms with Gasteiger partial charge in [-0.15, -0.1) is 11.3 Å². The third kappa shape index (κ3) is 3.82. The number of halogens is 3. The molecule has 1 unspecified atom stereocenters. The van der Waals surface area contributed by atoms with E-state index in [-0.39, 0.29) is 18.2 Å². The molecule has 2 heterocycles. The first kappa shape index (κ1) is 20.2. The molecular weight excluding hydrogens is 413 g/mol. The van der Waals surface area contributed by atoms with Crippen molar-refractivity contribution in [2.45, 2.75) is 25.4 Å². The molecule has 4 nitrogen and oxygen atoms in total. The summed E-state index contributed by atoms with van der Waals surface area (Å²) < 4.78 is 39.5. The minimum absolute atomic E-state index is 0.0195. The predicted molar refractivity (Wildman–Crippen MR) is 110 cm³/mol. The number of carbonyl (C=O) groups is 2. The Kier molecular flexibility index (Phi) is 5.11. The van der Waals surface area contributed by atoms with Crippen LogP contribution in [0.15, 0.2) is 54.6 Å². The van der Waals surface area contributed by atoms with Crippen LogP contribution in [0.4, 0.5) is 23.9 Å². The molecule has 0 aliphatic carbocycles. The maximum absolute atomic E-state index is 13.2. The summed E-state index contributed by atoms with van der Waals surface area (Å²) in [5.74, 6) is -1.16. The minimum Gasteiger partial charge on any atom is -0.321 e. The van der Waals surface area contributed by atoms with Crippen LogP contribution < -0.4 is 10.6 Å². The van der Waals surface area contributed by atoms with Crippen LogP contribution in [-0.4, -0.2) is 11.8 Å². The first-order chi connectivity index (χ1) is 14.2. The summed E-state index contributed by atoms with van der Waals surface area (Å²) in [6.45, 7) is 1.76. The predicted octanol–water partition coefficient (Wildman–Crippen LogP) is 5.80. The van der Waals surface area contributed by atoms with Gasteiger partial charge in [-0.2, -0.15) is 13.2 Å². The highest BCUT2D eigenvalue weighted by Gasteiger charge is 2.35. The Labute approximate surface area is 174 Å². The number of benzene rings is 2. The summed E-state index contributed by atoms with van der Waals surface area (Å²) >= 11 is 1.14. The smallest absolute Gasteiger partial charge is 0.321 e. The van der Waals surface area contributed by atoms with E-state index in [1.807, 2.05) is 6.07 Å². The van der Waals surface area contributed by atoms with Gasteiger partial charge in [0.15, 0.2) is 0 Å². The average molecular weight is 430 g/mol. The lowest BCUT2D eigenvalue weighted by Crippen LogP contribution is -2.23. The van der Waals surface area contributed by atoms with Gasteiger partial charge in [0.05, 0.1) is 15.4 Å². The van der Waals surface area contributed by atoms with Crippen LogP contribution in [-0.2, 0) is 11.0 Å². The normalized spacial score (nSPS) is 16.0. The molecule has 3 aromatic rings. The highest BCUT2D eigenvalue weighted by molar-refractivity contribution is 7.18. The zero-order valence-corrected chi connectivity index (χ0v) is 16.7. The first-order valence-corrected chi connectivity index (χ1v) is 10.0. The number of thiophene rings is 1. The van der Waals surface area contributed by atoms with Gasteiger partial charge in [0.1, 0.15) is 0 Å². The van der Waals surface area contributed by atoms with Gasteiger partial charge in [0.25, 0.3) is 5.91 Å². The number of para-hydroxylation sites is 1. The van der Waals surface area contributed by atoms with E-state index in [1.165, 1.54) is 6.07 Å². The van der Waals surface area contributed by atoms with Gasteiger partial charge >= 0.3 is 6.18 Å². The fourth-order valence-electron chi connectivity index (χ4n) is 3.65. The van der Waals surface area contributed by atoms with Gasteiger partial charge in [-0.1, -0.05) is 36.4 Å². The van der Waals surface area contributed by atoms with Crippen molar-refractivity contribution in [2.75, 3.05) is 10.6 Å². The summed E-state index contributed by atoms with van der Waals surface area (Å²) in [6, 6.07) is 14.0. The standard InChI is InChI=1S/C22H17F3N2O2S/c1-12-18-16(13-6-5-7-14(10-13)22(23,24)25)11-17(28)27-21(18)30-19(12)20(29)26-15-8-3-2-4-9-15/h2-10,16H,11H2,1H3,(H,26,29)(H,27,28). The lowest BCUT2D eigenvalue weighted by atomic mass is 9.84. The molecule has 1 aliphatic heterocycles. The lowest BCUT2D eigenvalue weighted by molar-refractivity contribution is -0.137. The Bertz CT molecular complexity index is 1120. The van der Waals surface area contributed by atoms with E-state index in [0.29, 0.717) is 32.3 Å². The Morgan fingerprint density at radius 2 is 1.87 bits per heavy atom. The molecule has 2 aromatic carbocycles. The molecule has 0 bridgehead atoms. The van der Waals surface area contributed by atoms with Crippen molar-refractivity contribution < 1.29 is 22.8 Å². The largest absolute Gasteiger partial charge is 0.416 e. The summed E-state index contributed by atoms with van der Waals surface area (Å²) in [7, 11) is 0. The van der Waals surface area contributed by atoms with Crippen LogP contribution in [0.3, 0.4) is 0 Å². The number of nitrogens with one attached hydrogen (secondary N) is 2. The van der Waals surface area contributed by atoms with Crippen molar-refractivity contribution >= 4 is 33.8 Å². The molecule has 2 amide bonds. The SMILES string of the molecule is Cc1c(C(=O)Nc2ccccc2)sc2c1C(c1cccc(C(F)(F)F)c1)CC(=O)N2. The van der Waals surface area contributed by atoms with Crippen molar-refractivity contribution in [1.82, 2.24) is 0 Å². The van der Waals surface area contributed by atoms with E-state index in [0.717, 1.165) is 23.5 Å². The maximum Gasteiger partial charge on any atom is 0.416 e. The van der Waals surface area contributed by atoms with Gasteiger partial charge in [0.2, 0.25) is 5.91 Å². The third-order valence-corrected chi connectivity index (χ3v) is 6.26. The molecule has 0 fully saturated rings. The van der Waals surface area contributed by atoms with Crippen LogP contribution in [0.5, 0.6) is 0 Å². The van der Waals surface area contributed by atoms with Crippen molar-refractivity contribution in [1.29, 1.82) is 0 Å². The second-order valence-corrected chi connectivity index (χ2v) is 8.07. The molecule has 30 heavy (non-hydrogen) atoms. The first-order valence-electron chi connectivity index (χ1n) is 9.20. The molecule has 2 N–H and O–H groups in total. The van der Waals surface area contributed by atoms with E-state index < -0.39 is 17.7 Å². The highest BCUT2D eigenvalue weighted by atomic mass is 32.1. The number of fused-ring (bicyclic) bond motifs is 1. The number of carbonyl (C=O) groups excluding carboxylic acids is 2. The number of alkyl halides is 3.